The van der Waals surface area contributed by atoms with Crippen molar-refractivity contribution in [2.45, 2.75) is 64.7 Å². The van der Waals surface area contributed by atoms with Crippen LogP contribution in [0.4, 0.5) is 0 Å². The SMILES string of the molecule is CC(C)(C)[Si](C)(C)OCCn1ccc(-c2nn(C3CCO3)c3ccc(OCc4ccccc4)cc23)c1. The number of hydrogen-bond donors (Lipinski definition) is 0. The summed E-state index contributed by atoms with van der Waals surface area (Å²) in [5, 5.41) is 6.29. The molecule has 36 heavy (non-hydrogen) atoms. The van der Waals surface area contributed by atoms with Gasteiger partial charge in [0.05, 0.1) is 18.7 Å². The largest absolute Gasteiger partial charge is 0.489 e. The highest BCUT2D eigenvalue weighted by Gasteiger charge is 2.36. The molecule has 2 aromatic heterocycles. The molecule has 1 atom stereocenters. The smallest absolute Gasteiger partial charge is 0.192 e. The van der Waals surface area contributed by atoms with E-state index in [1.54, 1.807) is 0 Å². The molecule has 2 aromatic carbocycles. The van der Waals surface area contributed by atoms with Crippen molar-refractivity contribution in [1.29, 1.82) is 0 Å². The van der Waals surface area contributed by atoms with Gasteiger partial charge in [-0.3, -0.25) is 0 Å². The Morgan fingerprint density at radius 3 is 2.56 bits per heavy atom. The summed E-state index contributed by atoms with van der Waals surface area (Å²) in [6.07, 6.45) is 5.26. The number of benzene rings is 2. The number of ether oxygens (including phenoxy) is 2. The minimum absolute atomic E-state index is 0.00240. The zero-order valence-electron chi connectivity index (χ0n) is 22.0. The first-order chi connectivity index (χ1) is 17.2. The minimum atomic E-state index is -1.75. The minimum Gasteiger partial charge on any atom is -0.489 e. The predicted molar refractivity (Wildman–Crippen MR) is 147 cm³/mol. The molecular weight excluding hydrogens is 466 g/mol. The molecule has 1 aliphatic rings. The Kier molecular flexibility index (Phi) is 6.81. The molecule has 0 radical (unpaired) electrons. The maximum atomic E-state index is 6.39. The van der Waals surface area contributed by atoms with Crippen LogP contribution < -0.4 is 4.74 Å². The van der Waals surface area contributed by atoms with Crippen molar-refractivity contribution in [3.63, 3.8) is 0 Å². The van der Waals surface area contributed by atoms with Crippen LogP contribution in [-0.4, -0.2) is 35.9 Å². The van der Waals surface area contributed by atoms with E-state index in [4.69, 9.17) is 19.0 Å². The Balaban J connectivity index is 1.37. The van der Waals surface area contributed by atoms with E-state index in [0.717, 1.165) is 53.0 Å². The van der Waals surface area contributed by atoms with E-state index in [9.17, 15) is 0 Å². The van der Waals surface area contributed by atoms with Crippen molar-refractivity contribution in [3.05, 3.63) is 72.6 Å². The van der Waals surface area contributed by atoms with Gasteiger partial charge in [-0.1, -0.05) is 51.1 Å². The number of fused-ring (bicyclic) bond motifs is 1. The lowest BCUT2D eigenvalue weighted by atomic mass is 10.1. The van der Waals surface area contributed by atoms with Crippen molar-refractivity contribution >= 4 is 19.2 Å². The number of nitrogens with zero attached hydrogens (tertiary/aromatic N) is 3. The van der Waals surface area contributed by atoms with E-state index in [0.29, 0.717) is 13.2 Å². The molecule has 1 saturated heterocycles. The van der Waals surface area contributed by atoms with E-state index < -0.39 is 8.32 Å². The molecule has 0 amide bonds. The van der Waals surface area contributed by atoms with Crippen LogP contribution >= 0.6 is 0 Å². The van der Waals surface area contributed by atoms with Gasteiger partial charge in [-0.2, -0.15) is 5.10 Å². The highest BCUT2D eigenvalue weighted by molar-refractivity contribution is 6.74. The lowest BCUT2D eigenvalue weighted by Gasteiger charge is -2.36. The lowest BCUT2D eigenvalue weighted by Crippen LogP contribution is -2.41. The summed E-state index contributed by atoms with van der Waals surface area (Å²) < 4.78 is 22.5. The van der Waals surface area contributed by atoms with Crippen molar-refractivity contribution < 1.29 is 13.9 Å². The Hall–Kier alpha value is -2.87. The van der Waals surface area contributed by atoms with Crippen molar-refractivity contribution in [2.24, 2.45) is 0 Å². The first-order valence-electron chi connectivity index (χ1n) is 12.8. The third kappa shape index (κ3) is 5.14. The number of aromatic nitrogens is 3. The summed E-state index contributed by atoms with van der Waals surface area (Å²) >= 11 is 0. The topological polar surface area (TPSA) is 50.4 Å². The van der Waals surface area contributed by atoms with Crippen LogP contribution in [0.2, 0.25) is 18.1 Å². The lowest BCUT2D eigenvalue weighted by molar-refractivity contribution is -0.104. The second-order valence-electron chi connectivity index (χ2n) is 11.1. The van der Waals surface area contributed by atoms with Gasteiger partial charge in [0, 0.05) is 36.3 Å². The monoisotopic (exact) mass is 503 g/mol. The van der Waals surface area contributed by atoms with Gasteiger partial charge in [0.25, 0.3) is 0 Å². The van der Waals surface area contributed by atoms with Gasteiger partial charge in [0.2, 0.25) is 0 Å². The average Bonchev–Trinajstić information content (AvgIpc) is 3.41. The van der Waals surface area contributed by atoms with E-state index in [1.807, 2.05) is 28.9 Å². The Morgan fingerprint density at radius 2 is 1.86 bits per heavy atom. The fourth-order valence-electron chi connectivity index (χ4n) is 4.14. The highest BCUT2D eigenvalue weighted by Crippen LogP contribution is 2.37. The molecule has 7 heteroatoms. The van der Waals surface area contributed by atoms with Gasteiger partial charge >= 0.3 is 0 Å². The van der Waals surface area contributed by atoms with E-state index >= 15 is 0 Å². The summed E-state index contributed by atoms with van der Waals surface area (Å²) in [4.78, 5) is 0. The van der Waals surface area contributed by atoms with Crippen LogP contribution in [0.1, 0.15) is 39.0 Å². The van der Waals surface area contributed by atoms with Gasteiger partial charge in [-0.05, 0) is 48.0 Å². The molecule has 1 fully saturated rings. The molecule has 0 spiro atoms. The van der Waals surface area contributed by atoms with Gasteiger partial charge in [0.15, 0.2) is 14.5 Å². The molecule has 5 rings (SSSR count). The summed E-state index contributed by atoms with van der Waals surface area (Å²) in [7, 11) is -1.75. The third-order valence-corrected chi connectivity index (χ3v) is 12.1. The Bertz CT molecular complexity index is 1320. The zero-order chi connectivity index (χ0) is 25.3. The maximum absolute atomic E-state index is 6.39. The van der Waals surface area contributed by atoms with Crippen molar-refractivity contribution in [3.8, 4) is 17.0 Å². The highest BCUT2D eigenvalue weighted by atomic mass is 28.4. The first-order valence-corrected chi connectivity index (χ1v) is 15.7. The molecule has 0 N–H and O–H groups in total. The summed E-state index contributed by atoms with van der Waals surface area (Å²) in [6, 6.07) is 18.6. The van der Waals surface area contributed by atoms with E-state index in [2.05, 4.69) is 81.2 Å². The summed E-state index contributed by atoms with van der Waals surface area (Å²) in [6.45, 7) is 14.3. The van der Waals surface area contributed by atoms with Crippen LogP contribution in [0.15, 0.2) is 67.0 Å². The molecule has 3 heterocycles. The fraction of sp³-hybridized carbons (Fsp3) is 0.414. The van der Waals surface area contributed by atoms with Crippen molar-refractivity contribution in [2.75, 3.05) is 13.2 Å². The standard InChI is InChI=1S/C29H37N3O3Si/c1-29(2,3)36(4,5)35-18-16-31-15-13-23(20-31)28-25-19-24(34-21-22-9-7-6-8-10-22)11-12-26(25)32(30-28)27-14-17-33-27/h6-13,15,19-20,27H,14,16-18,21H2,1-5H3. The maximum Gasteiger partial charge on any atom is 0.192 e. The second kappa shape index (κ2) is 9.88. The quantitative estimate of drug-likeness (QED) is 0.230. The normalized spacial score (nSPS) is 16.3. The summed E-state index contributed by atoms with van der Waals surface area (Å²) in [5.74, 6) is 0.837. The molecule has 0 aliphatic carbocycles. The number of rotatable bonds is 9. The van der Waals surface area contributed by atoms with Crippen LogP contribution in [0.3, 0.4) is 0 Å². The summed E-state index contributed by atoms with van der Waals surface area (Å²) in [5.41, 5.74) is 4.25. The van der Waals surface area contributed by atoms with Crippen LogP contribution in [-0.2, 0) is 22.3 Å². The Labute approximate surface area is 214 Å². The van der Waals surface area contributed by atoms with Gasteiger partial charge < -0.3 is 18.5 Å². The molecule has 0 saturated carbocycles. The zero-order valence-corrected chi connectivity index (χ0v) is 23.0. The van der Waals surface area contributed by atoms with Crippen LogP contribution in [0.25, 0.3) is 22.2 Å². The molecule has 1 unspecified atom stereocenters. The molecular formula is C29H37N3O3Si. The Morgan fingerprint density at radius 1 is 1.08 bits per heavy atom. The first kappa shape index (κ1) is 24.8. The third-order valence-electron chi connectivity index (χ3n) is 7.52. The number of hydrogen-bond acceptors (Lipinski definition) is 4. The average molecular weight is 504 g/mol. The van der Waals surface area contributed by atoms with E-state index in [-0.39, 0.29) is 11.3 Å². The van der Waals surface area contributed by atoms with Crippen molar-refractivity contribution in [1.82, 2.24) is 14.3 Å². The molecule has 4 aromatic rings. The second-order valence-corrected chi connectivity index (χ2v) is 15.9. The van der Waals surface area contributed by atoms with Gasteiger partial charge in [-0.15, -0.1) is 0 Å². The van der Waals surface area contributed by atoms with Crippen LogP contribution in [0, 0.1) is 0 Å². The fourth-order valence-corrected chi connectivity index (χ4v) is 5.18. The van der Waals surface area contributed by atoms with Crippen LogP contribution in [0.5, 0.6) is 5.75 Å². The van der Waals surface area contributed by atoms with E-state index in [1.165, 1.54) is 0 Å². The molecule has 6 nitrogen and oxygen atoms in total. The van der Waals surface area contributed by atoms with Gasteiger partial charge in [0.1, 0.15) is 18.1 Å². The molecule has 1 aliphatic heterocycles. The van der Waals surface area contributed by atoms with Gasteiger partial charge in [-0.25, -0.2) is 4.68 Å². The predicted octanol–water partition coefficient (Wildman–Crippen LogP) is 7.02. The molecule has 0 bridgehead atoms. The molecule has 190 valence electrons.